The molecule has 0 saturated heterocycles. The Kier molecular flexibility index (Phi) is 4.52. The minimum absolute atomic E-state index is 0.0698. The standard InChI is InChI=1S/C14H13N3O5/c1-9(18)16-15-8-11-4-6-13(22-11)12-5-3-10(17(19)20)7-14(12)21-2/h3-8H,1-2H3,(H,16,18). The molecular formula is C14H13N3O5. The third-order valence-electron chi connectivity index (χ3n) is 2.70. The average molecular weight is 303 g/mol. The van der Waals surface area contributed by atoms with E-state index < -0.39 is 4.92 Å². The highest BCUT2D eigenvalue weighted by atomic mass is 16.6. The molecule has 8 heteroatoms. The number of rotatable bonds is 5. The lowest BCUT2D eigenvalue weighted by molar-refractivity contribution is -0.384. The van der Waals surface area contributed by atoms with Gasteiger partial charge in [-0.2, -0.15) is 5.10 Å². The number of nitrogens with one attached hydrogen (secondary N) is 1. The van der Waals surface area contributed by atoms with E-state index in [0.29, 0.717) is 22.8 Å². The van der Waals surface area contributed by atoms with Gasteiger partial charge in [-0.15, -0.1) is 0 Å². The van der Waals surface area contributed by atoms with Crippen molar-refractivity contribution in [1.82, 2.24) is 5.43 Å². The summed E-state index contributed by atoms with van der Waals surface area (Å²) in [4.78, 5) is 21.0. The summed E-state index contributed by atoms with van der Waals surface area (Å²) in [5, 5.41) is 14.5. The van der Waals surface area contributed by atoms with E-state index in [4.69, 9.17) is 9.15 Å². The van der Waals surface area contributed by atoms with Gasteiger partial charge >= 0.3 is 0 Å². The molecule has 1 aromatic carbocycles. The Morgan fingerprint density at radius 3 is 2.82 bits per heavy atom. The van der Waals surface area contributed by atoms with Crippen molar-refractivity contribution in [2.45, 2.75) is 6.92 Å². The van der Waals surface area contributed by atoms with Crippen LogP contribution in [0.3, 0.4) is 0 Å². The number of carbonyl (C=O) groups excluding carboxylic acids is 1. The molecule has 0 fully saturated rings. The van der Waals surface area contributed by atoms with E-state index in [0.717, 1.165) is 0 Å². The number of methoxy groups -OCH3 is 1. The summed E-state index contributed by atoms with van der Waals surface area (Å²) < 4.78 is 10.7. The highest BCUT2D eigenvalue weighted by Crippen LogP contribution is 2.33. The van der Waals surface area contributed by atoms with Crippen LogP contribution in [0.1, 0.15) is 12.7 Å². The Bertz CT molecular complexity index is 736. The van der Waals surface area contributed by atoms with Crippen LogP contribution in [0.15, 0.2) is 39.9 Å². The second-order valence-corrected chi connectivity index (χ2v) is 4.27. The van der Waals surface area contributed by atoms with E-state index in [2.05, 4.69) is 10.5 Å². The number of amides is 1. The van der Waals surface area contributed by atoms with E-state index in [-0.39, 0.29) is 11.6 Å². The predicted molar refractivity (Wildman–Crippen MR) is 78.8 cm³/mol. The largest absolute Gasteiger partial charge is 0.496 e. The zero-order chi connectivity index (χ0) is 16.1. The van der Waals surface area contributed by atoms with Gasteiger partial charge in [0.2, 0.25) is 5.91 Å². The highest BCUT2D eigenvalue weighted by molar-refractivity contribution is 5.80. The van der Waals surface area contributed by atoms with Gasteiger partial charge in [0.05, 0.1) is 29.9 Å². The van der Waals surface area contributed by atoms with Crippen molar-refractivity contribution in [3.63, 3.8) is 0 Å². The van der Waals surface area contributed by atoms with Gasteiger partial charge < -0.3 is 9.15 Å². The molecule has 1 N–H and O–H groups in total. The van der Waals surface area contributed by atoms with Crippen molar-refractivity contribution in [3.8, 4) is 17.1 Å². The average Bonchev–Trinajstić information content (AvgIpc) is 2.94. The summed E-state index contributed by atoms with van der Waals surface area (Å²) >= 11 is 0. The zero-order valence-corrected chi connectivity index (χ0v) is 11.9. The topological polar surface area (TPSA) is 107 Å². The van der Waals surface area contributed by atoms with Crippen LogP contribution < -0.4 is 10.2 Å². The molecule has 1 aromatic heterocycles. The fourth-order valence-corrected chi connectivity index (χ4v) is 1.75. The van der Waals surface area contributed by atoms with Crippen molar-refractivity contribution in [1.29, 1.82) is 0 Å². The van der Waals surface area contributed by atoms with Crippen molar-refractivity contribution in [3.05, 3.63) is 46.2 Å². The van der Waals surface area contributed by atoms with Crippen LogP contribution in [0.25, 0.3) is 11.3 Å². The van der Waals surface area contributed by atoms with E-state index >= 15 is 0 Å². The lowest BCUT2D eigenvalue weighted by Gasteiger charge is -2.05. The van der Waals surface area contributed by atoms with E-state index in [1.54, 1.807) is 18.2 Å². The Morgan fingerprint density at radius 2 is 2.18 bits per heavy atom. The van der Waals surface area contributed by atoms with Gasteiger partial charge in [0.1, 0.15) is 17.3 Å². The molecule has 2 rings (SSSR count). The minimum atomic E-state index is -0.500. The molecule has 0 atom stereocenters. The molecule has 0 radical (unpaired) electrons. The van der Waals surface area contributed by atoms with Gasteiger partial charge in [-0.1, -0.05) is 0 Å². The van der Waals surface area contributed by atoms with Crippen LogP contribution in [0, 0.1) is 10.1 Å². The number of hydrogen-bond donors (Lipinski definition) is 1. The quantitative estimate of drug-likeness (QED) is 0.518. The van der Waals surface area contributed by atoms with Crippen LogP contribution in [-0.2, 0) is 4.79 Å². The van der Waals surface area contributed by atoms with Gasteiger partial charge in [-0.3, -0.25) is 14.9 Å². The van der Waals surface area contributed by atoms with Gasteiger partial charge in [0, 0.05) is 13.0 Å². The number of benzene rings is 1. The number of nitro benzene ring substituents is 1. The molecular weight excluding hydrogens is 290 g/mol. The summed E-state index contributed by atoms with van der Waals surface area (Å²) in [6.07, 6.45) is 1.35. The van der Waals surface area contributed by atoms with Crippen molar-refractivity contribution >= 4 is 17.8 Å². The minimum Gasteiger partial charge on any atom is -0.496 e. The van der Waals surface area contributed by atoms with Crippen LogP contribution in [0.4, 0.5) is 5.69 Å². The zero-order valence-electron chi connectivity index (χ0n) is 11.9. The second kappa shape index (κ2) is 6.53. The van der Waals surface area contributed by atoms with E-state index in [1.165, 1.54) is 32.4 Å². The van der Waals surface area contributed by atoms with Crippen LogP contribution in [0.5, 0.6) is 5.75 Å². The Morgan fingerprint density at radius 1 is 1.41 bits per heavy atom. The third-order valence-corrected chi connectivity index (χ3v) is 2.70. The number of ether oxygens (including phenoxy) is 1. The van der Waals surface area contributed by atoms with Crippen molar-refractivity contribution in [2.24, 2.45) is 5.10 Å². The van der Waals surface area contributed by atoms with Crippen LogP contribution in [-0.4, -0.2) is 24.2 Å². The smallest absolute Gasteiger partial charge is 0.273 e. The molecule has 114 valence electrons. The van der Waals surface area contributed by atoms with E-state index in [1.807, 2.05) is 0 Å². The molecule has 8 nitrogen and oxygen atoms in total. The monoisotopic (exact) mass is 303 g/mol. The Labute approximate surface area is 125 Å². The summed E-state index contributed by atoms with van der Waals surface area (Å²) in [7, 11) is 1.42. The maximum atomic E-state index is 10.8. The molecule has 0 saturated carbocycles. The molecule has 0 bridgehead atoms. The number of nitrogens with zero attached hydrogens (tertiary/aromatic N) is 2. The van der Waals surface area contributed by atoms with Gasteiger partial charge in [-0.05, 0) is 18.2 Å². The first-order valence-electron chi connectivity index (χ1n) is 6.23. The summed E-state index contributed by atoms with van der Waals surface area (Å²) in [5.74, 6) is 0.925. The number of carbonyl (C=O) groups is 1. The molecule has 22 heavy (non-hydrogen) atoms. The van der Waals surface area contributed by atoms with E-state index in [9.17, 15) is 14.9 Å². The molecule has 0 aliphatic rings. The van der Waals surface area contributed by atoms with Gasteiger partial charge in [0.15, 0.2) is 0 Å². The third kappa shape index (κ3) is 3.48. The summed E-state index contributed by atoms with van der Waals surface area (Å²) in [6, 6.07) is 7.57. The predicted octanol–water partition coefficient (Wildman–Crippen LogP) is 2.33. The lowest BCUT2D eigenvalue weighted by Crippen LogP contribution is -2.12. The van der Waals surface area contributed by atoms with Gasteiger partial charge in [-0.25, -0.2) is 5.43 Å². The molecule has 2 aromatic rings. The first-order chi connectivity index (χ1) is 10.5. The summed E-state index contributed by atoms with van der Waals surface area (Å²) in [6.45, 7) is 1.34. The van der Waals surface area contributed by atoms with Gasteiger partial charge in [0.25, 0.3) is 5.69 Å². The van der Waals surface area contributed by atoms with Crippen molar-refractivity contribution < 1.29 is 18.9 Å². The first kappa shape index (κ1) is 15.2. The number of hydrazone groups is 1. The lowest BCUT2D eigenvalue weighted by atomic mass is 10.1. The number of furan rings is 1. The molecule has 0 spiro atoms. The SMILES string of the molecule is COc1cc([N+](=O)[O-])ccc1-c1ccc(C=NNC(C)=O)o1. The first-order valence-corrected chi connectivity index (χ1v) is 6.23. The molecule has 0 unspecified atom stereocenters. The molecule has 1 amide bonds. The van der Waals surface area contributed by atoms with Crippen LogP contribution in [0.2, 0.25) is 0 Å². The molecule has 0 aliphatic heterocycles. The Hall–Kier alpha value is -3.16. The number of non-ortho nitro benzene ring substituents is 1. The molecule has 1 heterocycles. The van der Waals surface area contributed by atoms with Crippen LogP contribution >= 0.6 is 0 Å². The fourth-order valence-electron chi connectivity index (χ4n) is 1.75. The van der Waals surface area contributed by atoms with Crippen molar-refractivity contribution in [2.75, 3.05) is 7.11 Å². The summed E-state index contributed by atoms with van der Waals surface area (Å²) in [5.41, 5.74) is 2.76. The fraction of sp³-hybridized carbons (Fsp3) is 0.143. The Balaban J connectivity index is 2.28. The number of hydrogen-bond acceptors (Lipinski definition) is 6. The number of nitro groups is 1. The second-order valence-electron chi connectivity index (χ2n) is 4.27. The maximum absolute atomic E-state index is 10.8. The highest BCUT2D eigenvalue weighted by Gasteiger charge is 2.15. The normalized spacial score (nSPS) is 10.6. The maximum Gasteiger partial charge on any atom is 0.273 e. The molecule has 0 aliphatic carbocycles.